The van der Waals surface area contributed by atoms with E-state index >= 15 is 0 Å². The van der Waals surface area contributed by atoms with Gasteiger partial charge in [0.1, 0.15) is 6.04 Å². The average Bonchev–Trinajstić information content (AvgIpc) is 2.75. The number of nitrogens with one attached hydrogen (secondary N) is 1. The quantitative estimate of drug-likeness (QED) is 0.409. The summed E-state index contributed by atoms with van der Waals surface area (Å²) in [6.45, 7) is 0. The number of carbonyl (C=O) groups is 3. The molecule has 0 radical (unpaired) electrons. The maximum Gasteiger partial charge on any atom is 0.329 e. The van der Waals surface area contributed by atoms with E-state index in [1.165, 1.54) is 31.4 Å². The third kappa shape index (κ3) is 5.61. The molecule has 0 aliphatic heterocycles. The zero-order chi connectivity index (χ0) is 21.4. The second-order valence-electron chi connectivity index (χ2n) is 6.08. The minimum Gasteiger partial charge on any atom is -0.469 e. The van der Waals surface area contributed by atoms with Crippen LogP contribution in [0.3, 0.4) is 0 Å². The third-order valence-electron chi connectivity index (χ3n) is 4.33. The first-order chi connectivity index (χ1) is 13.9. The van der Waals surface area contributed by atoms with Crippen LogP contribution in [0.25, 0.3) is 0 Å². The van der Waals surface area contributed by atoms with Crippen LogP contribution in [-0.4, -0.2) is 43.0 Å². The van der Waals surface area contributed by atoms with Gasteiger partial charge in [0.2, 0.25) is 0 Å². The molecule has 2 rings (SSSR count). The lowest BCUT2D eigenvalue weighted by Gasteiger charge is -2.26. The van der Waals surface area contributed by atoms with Gasteiger partial charge in [-0.1, -0.05) is 30.3 Å². The van der Waals surface area contributed by atoms with Crippen LogP contribution in [0.1, 0.15) is 28.3 Å². The number of methoxy groups -OCH3 is 2. The van der Waals surface area contributed by atoms with Gasteiger partial charge in [-0.25, -0.2) is 4.79 Å². The molecule has 0 spiro atoms. The minimum absolute atomic E-state index is 0.145. The van der Waals surface area contributed by atoms with Crippen molar-refractivity contribution >= 4 is 23.5 Å². The van der Waals surface area contributed by atoms with Crippen molar-refractivity contribution in [3.63, 3.8) is 0 Å². The maximum atomic E-state index is 12.6. The highest BCUT2D eigenvalue weighted by molar-refractivity contribution is 5.97. The lowest BCUT2D eigenvalue weighted by atomic mass is 9.88. The van der Waals surface area contributed by atoms with Crippen LogP contribution in [0.4, 0.5) is 5.69 Å². The molecule has 0 unspecified atom stereocenters. The van der Waals surface area contributed by atoms with Crippen LogP contribution < -0.4 is 5.32 Å². The van der Waals surface area contributed by atoms with Crippen LogP contribution in [0.15, 0.2) is 54.6 Å². The molecule has 2 atom stereocenters. The Bertz CT molecular complexity index is 881. The molecule has 9 heteroatoms. The maximum absolute atomic E-state index is 12.6. The average molecular weight is 400 g/mol. The number of rotatable bonds is 8. The van der Waals surface area contributed by atoms with E-state index < -0.39 is 34.7 Å². The molecular weight excluding hydrogens is 380 g/mol. The SMILES string of the molecule is COC(=O)C[C@@H](c1ccc([N+](=O)[O-])cc1)[C@H](NC(=O)c1ccccc1)C(=O)OC. The number of benzene rings is 2. The lowest BCUT2D eigenvalue weighted by molar-refractivity contribution is -0.384. The zero-order valence-electron chi connectivity index (χ0n) is 15.9. The largest absolute Gasteiger partial charge is 0.469 e. The lowest BCUT2D eigenvalue weighted by Crippen LogP contribution is -2.46. The van der Waals surface area contributed by atoms with E-state index in [0.717, 1.165) is 7.11 Å². The fourth-order valence-electron chi connectivity index (χ4n) is 2.80. The molecule has 0 fully saturated rings. The van der Waals surface area contributed by atoms with Crippen molar-refractivity contribution in [3.05, 3.63) is 75.8 Å². The Balaban J connectivity index is 2.40. The van der Waals surface area contributed by atoms with Crippen LogP contribution >= 0.6 is 0 Å². The van der Waals surface area contributed by atoms with Gasteiger partial charge in [0.15, 0.2) is 0 Å². The van der Waals surface area contributed by atoms with E-state index in [1.807, 2.05) is 0 Å². The van der Waals surface area contributed by atoms with Gasteiger partial charge < -0.3 is 14.8 Å². The van der Waals surface area contributed by atoms with Gasteiger partial charge in [-0.2, -0.15) is 0 Å². The molecule has 0 heterocycles. The molecule has 1 amide bonds. The summed E-state index contributed by atoms with van der Waals surface area (Å²) in [5, 5.41) is 13.5. The predicted octanol–water partition coefficient (Wildman–Crippen LogP) is 2.21. The van der Waals surface area contributed by atoms with E-state index in [2.05, 4.69) is 5.32 Å². The molecule has 29 heavy (non-hydrogen) atoms. The number of amides is 1. The van der Waals surface area contributed by atoms with Gasteiger partial charge in [-0.3, -0.25) is 19.7 Å². The standard InChI is InChI=1S/C20H20N2O7/c1-28-17(23)12-16(13-8-10-15(11-9-13)22(26)27)18(20(25)29-2)21-19(24)14-6-4-3-5-7-14/h3-11,16,18H,12H2,1-2H3,(H,21,24)/t16-,18-/m0/s1. The van der Waals surface area contributed by atoms with Crippen molar-refractivity contribution in [2.24, 2.45) is 0 Å². The molecule has 2 aromatic carbocycles. The molecule has 0 saturated carbocycles. The Labute approximate surface area is 166 Å². The molecule has 0 aliphatic carbocycles. The van der Waals surface area contributed by atoms with Crippen molar-refractivity contribution in [3.8, 4) is 0 Å². The first kappa shape index (κ1) is 21.5. The van der Waals surface area contributed by atoms with Crippen molar-refractivity contribution in [2.45, 2.75) is 18.4 Å². The van der Waals surface area contributed by atoms with Gasteiger partial charge in [0.25, 0.3) is 11.6 Å². The number of nitrogens with zero attached hydrogens (tertiary/aromatic N) is 1. The molecule has 0 aromatic heterocycles. The Hall–Kier alpha value is -3.75. The first-order valence-corrected chi connectivity index (χ1v) is 8.62. The van der Waals surface area contributed by atoms with Gasteiger partial charge in [-0.05, 0) is 17.7 Å². The van der Waals surface area contributed by atoms with E-state index in [4.69, 9.17) is 9.47 Å². The van der Waals surface area contributed by atoms with Crippen molar-refractivity contribution in [1.82, 2.24) is 5.32 Å². The molecule has 152 valence electrons. The molecule has 0 saturated heterocycles. The van der Waals surface area contributed by atoms with E-state index in [-0.39, 0.29) is 12.1 Å². The number of carbonyl (C=O) groups excluding carboxylic acids is 3. The summed E-state index contributed by atoms with van der Waals surface area (Å²) >= 11 is 0. The van der Waals surface area contributed by atoms with Gasteiger partial charge in [0.05, 0.1) is 25.6 Å². The molecule has 0 aliphatic rings. The number of non-ortho nitro benzene ring substituents is 1. The highest BCUT2D eigenvalue weighted by Gasteiger charge is 2.34. The number of esters is 2. The topological polar surface area (TPSA) is 125 Å². The smallest absolute Gasteiger partial charge is 0.329 e. The number of ether oxygens (including phenoxy) is 2. The second kappa shape index (κ2) is 9.98. The van der Waals surface area contributed by atoms with Crippen molar-refractivity contribution < 1.29 is 28.8 Å². The number of hydrogen-bond acceptors (Lipinski definition) is 7. The summed E-state index contributed by atoms with van der Waals surface area (Å²) in [5.41, 5.74) is 0.611. The summed E-state index contributed by atoms with van der Waals surface area (Å²) in [5.74, 6) is -2.76. The fourth-order valence-corrected chi connectivity index (χ4v) is 2.80. The molecule has 1 N–H and O–H groups in total. The monoisotopic (exact) mass is 400 g/mol. The van der Waals surface area contributed by atoms with Crippen LogP contribution in [-0.2, 0) is 19.1 Å². The third-order valence-corrected chi connectivity index (χ3v) is 4.33. The van der Waals surface area contributed by atoms with Gasteiger partial charge in [0, 0.05) is 23.6 Å². The first-order valence-electron chi connectivity index (χ1n) is 8.62. The Kier molecular flexibility index (Phi) is 7.41. The molecule has 0 bridgehead atoms. The van der Waals surface area contributed by atoms with E-state index in [0.29, 0.717) is 11.1 Å². The van der Waals surface area contributed by atoms with E-state index in [9.17, 15) is 24.5 Å². The Morgan fingerprint density at radius 3 is 2.14 bits per heavy atom. The fraction of sp³-hybridized carbons (Fsp3) is 0.250. The zero-order valence-corrected chi connectivity index (χ0v) is 15.9. The number of hydrogen-bond donors (Lipinski definition) is 1. The normalized spacial score (nSPS) is 12.3. The van der Waals surface area contributed by atoms with Crippen LogP contribution in [0.2, 0.25) is 0 Å². The van der Waals surface area contributed by atoms with Crippen LogP contribution in [0.5, 0.6) is 0 Å². The van der Waals surface area contributed by atoms with Crippen LogP contribution in [0, 0.1) is 10.1 Å². The number of nitro groups is 1. The summed E-state index contributed by atoms with van der Waals surface area (Å²) in [4.78, 5) is 47.3. The highest BCUT2D eigenvalue weighted by Crippen LogP contribution is 2.27. The summed E-state index contributed by atoms with van der Waals surface area (Å²) in [6.07, 6.45) is -0.247. The number of nitro benzene ring substituents is 1. The van der Waals surface area contributed by atoms with E-state index in [1.54, 1.807) is 30.3 Å². The summed E-state index contributed by atoms with van der Waals surface area (Å²) in [7, 11) is 2.36. The Morgan fingerprint density at radius 2 is 1.62 bits per heavy atom. The second-order valence-corrected chi connectivity index (χ2v) is 6.08. The highest BCUT2D eigenvalue weighted by atomic mass is 16.6. The predicted molar refractivity (Wildman–Crippen MR) is 102 cm³/mol. The molecular formula is C20H20N2O7. The van der Waals surface area contributed by atoms with Gasteiger partial charge >= 0.3 is 11.9 Å². The summed E-state index contributed by atoms with van der Waals surface area (Å²) < 4.78 is 9.52. The molecule has 2 aromatic rings. The Morgan fingerprint density at radius 1 is 1.00 bits per heavy atom. The van der Waals surface area contributed by atoms with Gasteiger partial charge in [-0.15, -0.1) is 0 Å². The van der Waals surface area contributed by atoms with Crippen molar-refractivity contribution in [2.75, 3.05) is 14.2 Å². The molecule has 9 nitrogen and oxygen atoms in total. The van der Waals surface area contributed by atoms with Crippen molar-refractivity contribution in [1.29, 1.82) is 0 Å². The summed E-state index contributed by atoms with van der Waals surface area (Å²) in [6, 6.07) is 12.4. The minimum atomic E-state index is -1.21.